The Morgan fingerprint density at radius 3 is 2.23 bits per heavy atom. The van der Waals surface area contributed by atoms with Crippen molar-refractivity contribution in [1.29, 1.82) is 0 Å². The maximum atomic E-state index is 13.5. The van der Waals surface area contributed by atoms with Crippen molar-refractivity contribution in [3.63, 3.8) is 0 Å². The number of nitrogens with one attached hydrogen (secondary N) is 1. The van der Waals surface area contributed by atoms with Crippen LogP contribution >= 0.6 is 23.2 Å². The summed E-state index contributed by atoms with van der Waals surface area (Å²) in [7, 11) is 1.52. The number of imide groups is 1. The number of rotatable bonds is 5. The van der Waals surface area contributed by atoms with Crippen LogP contribution in [0.1, 0.15) is 11.1 Å². The van der Waals surface area contributed by atoms with Gasteiger partial charge in [-0.05, 0) is 54.4 Å². The largest absolute Gasteiger partial charge is 0.495 e. The number of anilines is 2. The van der Waals surface area contributed by atoms with Gasteiger partial charge in [0.25, 0.3) is 11.8 Å². The van der Waals surface area contributed by atoms with Gasteiger partial charge in [0.05, 0.1) is 24.1 Å². The first-order valence-corrected chi connectivity index (χ1v) is 10.2. The molecule has 1 N–H and O–H groups in total. The SMILES string of the molecule is COc1ccc(Cl)cc1NC1=C(c2ccccc2)C(=O)N(c2ccc(Cl)cc2C)C1=O. The number of hydrogen-bond donors (Lipinski definition) is 1. The van der Waals surface area contributed by atoms with E-state index in [9.17, 15) is 9.59 Å². The molecule has 156 valence electrons. The Hall–Kier alpha value is -3.28. The lowest BCUT2D eigenvalue weighted by molar-refractivity contribution is -0.120. The molecule has 0 bridgehead atoms. The average molecular weight is 453 g/mol. The van der Waals surface area contributed by atoms with E-state index in [4.69, 9.17) is 27.9 Å². The maximum Gasteiger partial charge on any atom is 0.282 e. The van der Waals surface area contributed by atoms with Crippen LogP contribution in [-0.2, 0) is 9.59 Å². The van der Waals surface area contributed by atoms with Crippen LogP contribution in [-0.4, -0.2) is 18.9 Å². The van der Waals surface area contributed by atoms with Crippen LogP contribution in [0.3, 0.4) is 0 Å². The van der Waals surface area contributed by atoms with E-state index < -0.39 is 11.8 Å². The van der Waals surface area contributed by atoms with Gasteiger partial charge in [-0.25, -0.2) is 4.90 Å². The van der Waals surface area contributed by atoms with Crippen molar-refractivity contribution in [2.24, 2.45) is 0 Å². The molecule has 1 heterocycles. The lowest BCUT2D eigenvalue weighted by Crippen LogP contribution is -2.33. The normalized spacial score (nSPS) is 13.7. The Balaban J connectivity index is 1.86. The first kappa shape index (κ1) is 21.0. The molecule has 3 aromatic carbocycles. The number of amides is 2. The summed E-state index contributed by atoms with van der Waals surface area (Å²) in [4.78, 5) is 28.2. The summed E-state index contributed by atoms with van der Waals surface area (Å²) >= 11 is 12.2. The van der Waals surface area contributed by atoms with Gasteiger partial charge in [0.1, 0.15) is 11.4 Å². The van der Waals surface area contributed by atoms with Crippen molar-refractivity contribution in [2.75, 3.05) is 17.3 Å². The van der Waals surface area contributed by atoms with E-state index >= 15 is 0 Å². The van der Waals surface area contributed by atoms with Crippen molar-refractivity contribution < 1.29 is 14.3 Å². The van der Waals surface area contributed by atoms with Gasteiger partial charge >= 0.3 is 0 Å². The first-order valence-electron chi connectivity index (χ1n) is 9.46. The number of benzene rings is 3. The highest BCUT2D eigenvalue weighted by molar-refractivity contribution is 6.46. The van der Waals surface area contributed by atoms with E-state index in [2.05, 4.69) is 5.32 Å². The molecule has 31 heavy (non-hydrogen) atoms. The second kappa shape index (κ2) is 8.46. The molecule has 1 aliphatic rings. The third kappa shape index (κ3) is 3.90. The molecule has 0 aromatic heterocycles. The molecule has 0 fully saturated rings. The molecule has 0 spiro atoms. The summed E-state index contributed by atoms with van der Waals surface area (Å²) in [6.07, 6.45) is 0. The second-order valence-electron chi connectivity index (χ2n) is 6.96. The van der Waals surface area contributed by atoms with E-state index in [1.54, 1.807) is 55.5 Å². The Labute approximate surface area is 189 Å². The van der Waals surface area contributed by atoms with Gasteiger partial charge in [0.15, 0.2) is 0 Å². The molecule has 5 nitrogen and oxygen atoms in total. The van der Waals surface area contributed by atoms with Crippen molar-refractivity contribution in [1.82, 2.24) is 0 Å². The molecule has 2 amide bonds. The Morgan fingerprint density at radius 1 is 0.871 bits per heavy atom. The highest BCUT2D eigenvalue weighted by Crippen LogP contribution is 2.37. The monoisotopic (exact) mass is 452 g/mol. The number of ether oxygens (including phenoxy) is 1. The molecule has 4 rings (SSSR count). The molecular formula is C24H18Cl2N2O3. The van der Waals surface area contributed by atoms with Gasteiger partial charge in [-0.2, -0.15) is 0 Å². The summed E-state index contributed by atoms with van der Waals surface area (Å²) in [6, 6.07) is 19.1. The van der Waals surface area contributed by atoms with E-state index in [-0.39, 0.29) is 11.3 Å². The van der Waals surface area contributed by atoms with Crippen LogP contribution < -0.4 is 15.0 Å². The van der Waals surface area contributed by atoms with Gasteiger partial charge < -0.3 is 10.1 Å². The highest BCUT2D eigenvalue weighted by Gasteiger charge is 2.41. The van der Waals surface area contributed by atoms with Crippen LogP contribution in [0, 0.1) is 6.92 Å². The number of carbonyl (C=O) groups is 2. The molecule has 0 aliphatic carbocycles. The Bertz CT molecular complexity index is 1220. The third-order valence-electron chi connectivity index (χ3n) is 4.97. The number of methoxy groups -OCH3 is 1. The van der Waals surface area contributed by atoms with Crippen molar-refractivity contribution in [3.8, 4) is 5.75 Å². The van der Waals surface area contributed by atoms with Gasteiger partial charge in [0.2, 0.25) is 0 Å². The molecule has 1 aliphatic heterocycles. The lowest BCUT2D eigenvalue weighted by Gasteiger charge is -2.18. The molecule has 3 aromatic rings. The van der Waals surface area contributed by atoms with Crippen molar-refractivity contribution in [2.45, 2.75) is 6.92 Å². The molecule has 0 saturated carbocycles. The van der Waals surface area contributed by atoms with Gasteiger partial charge in [-0.3, -0.25) is 9.59 Å². The zero-order valence-corrected chi connectivity index (χ0v) is 18.3. The summed E-state index contributed by atoms with van der Waals surface area (Å²) in [6.45, 7) is 1.80. The standard InChI is InChI=1S/C24H18Cl2N2O3/c1-14-12-16(25)8-10-19(14)28-23(29)21(15-6-4-3-5-7-15)22(24(28)30)27-18-13-17(26)9-11-20(18)31-2/h3-13,27H,1-2H3. The van der Waals surface area contributed by atoms with E-state index in [1.807, 2.05) is 18.2 Å². The summed E-state index contributed by atoms with van der Waals surface area (Å²) in [5.41, 5.74) is 2.70. The molecule has 0 saturated heterocycles. The van der Waals surface area contributed by atoms with E-state index in [0.29, 0.717) is 38.3 Å². The minimum Gasteiger partial charge on any atom is -0.495 e. The van der Waals surface area contributed by atoms with E-state index in [0.717, 1.165) is 4.90 Å². The number of aryl methyl sites for hydroxylation is 1. The molecule has 0 unspecified atom stereocenters. The molecule has 0 radical (unpaired) electrons. The average Bonchev–Trinajstić information content (AvgIpc) is 2.99. The fourth-order valence-corrected chi connectivity index (χ4v) is 3.92. The van der Waals surface area contributed by atoms with Crippen LogP contribution in [0.25, 0.3) is 5.57 Å². The minimum absolute atomic E-state index is 0.145. The maximum absolute atomic E-state index is 13.5. The van der Waals surface area contributed by atoms with Crippen molar-refractivity contribution in [3.05, 3.63) is 93.6 Å². The zero-order valence-electron chi connectivity index (χ0n) is 16.8. The summed E-state index contributed by atoms with van der Waals surface area (Å²) < 4.78 is 5.39. The van der Waals surface area contributed by atoms with Crippen LogP contribution in [0.4, 0.5) is 11.4 Å². The Kier molecular flexibility index (Phi) is 5.72. The third-order valence-corrected chi connectivity index (χ3v) is 5.44. The Morgan fingerprint density at radius 2 is 1.55 bits per heavy atom. The van der Waals surface area contributed by atoms with E-state index in [1.165, 1.54) is 7.11 Å². The fourth-order valence-electron chi connectivity index (χ4n) is 3.52. The van der Waals surface area contributed by atoms with Gasteiger partial charge in [0, 0.05) is 10.0 Å². The molecule has 0 atom stereocenters. The molecule has 7 heteroatoms. The van der Waals surface area contributed by atoms with Crippen LogP contribution in [0.15, 0.2) is 72.4 Å². The lowest BCUT2D eigenvalue weighted by atomic mass is 10.0. The minimum atomic E-state index is -0.476. The predicted octanol–water partition coefficient (Wildman–Crippen LogP) is 5.71. The van der Waals surface area contributed by atoms with Crippen molar-refractivity contribution >= 4 is 52.0 Å². The topological polar surface area (TPSA) is 58.6 Å². The smallest absolute Gasteiger partial charge is 0.282 e. The second-order valence-corrected chi connectivity index (χ2v) is 7.84. The zero-order chi connectivity index (χ0) is 22.1. The van der Waals surface area contributed by atoms with Crippen LogP contribution in [0.2, 0.25) is 10.0 Å². The summed E-state index contributed by atoms with van der Waals surface area (Å²) in [5, 5.41) is 4.08. The number of hydrogen-bond acceptors (Lipinski definition) is 4. The van der Waals surface area contributed by atoms with Crippen LogP contribution in [0.5, 0.6) is 5.75 Å². The first-order chi connectivity index (χ1) is 14.9. The fraction of sp³-hybridized carbons (Fsp3) is 0.0833. The number of nitrogens with zero attached hydrogens (tertiary/aromatic N) is 1. The number of halogens is 2. The quantitative estimate of drug-likeness (QED) is 0.503. The highest BCUT2D eigenvalue weighted by atomic mass is 35.5. The van der Waals surface area contributed by atoms with Gasteiger partial charge in [-0.1, -0.05) is 53.5 Å². The summed E-state index contributed by atoms with van der Waals surface area (Å²) in [5.74, 6) is -0.410. The predicted molar refractivity (Wildman–Crippen MR) is 124 cm³/mol. The number of carbonyl (C=O) groups excluding carboxylic acids is 2. The molecular weight excluding hydrogens is 435 g/mol. The van der Waals surface area contributed by atoms with Gasteiger partial charge in [-0.15, -0.1) is 0 Å².